The first-order chi connectivity index (χ1) is 10.2. The number of carbonyl (C=O) groups excluding carboxylic acids is 1. The number of hydrogen-bond acceptors (Lipinski definition) is 4. The molecule has 0 fully saturated rings. The molecule has 1 heterocycles. The quantitative estimate of drug-likeness (QED) is 0.914. The van der Waals surface area contributed by atoms with Crippen molar-refractivity contribution in [1.29, 1.82) is 0 Å². The maximum Gasteiger partial charge on any atom is 0.257 e. The fraction of sp³-hybridized carbons (Fsp3) is 0.375. The molecule has 0 spiro atoms. The summed E-state index contributed by atoms with van der Waals surface area (Å²) in [6.07, 6.45) is -0.984. The van der Waals surface area contributed by atoms with Crippen molar-refractivity contribution in [3.63, 3.8) is 0 Å². The summed E-state index contributed by atoms with van der Waals surface area (Å²) in [5, 5.41) is 16.5. The van der Waals surface area contributed by atoms with Crippen LogP contribution >= 0.6 is 0 Å². The molecule has 0 aliphatic heterocycles. The van der Waals surface area contributed by atoms with Crippen LogP contribution < -0.4 is 5.32 Å². The normalized spacial score (nSPS) is 13.0. The second-order valence-corrected chi connectivity index (χ2v) is 6.16. The Hall–Kier alpha value is -2.21. The smallest absolute Gasteiger partial charge is 0.257 e. The van der Waals surface area contributed by atoms with E-state index >= 15 is 0 Å². The van der Waals surface area contributed by atoms with Crippen LogP contribution in [0.5, 0.6) is 0 Å². The average Bonchev–Trinajstić information content (AvgIpc) is 2.82. The molecule has 0 radical (unpaired) electrons. The third-order valence-electron chi connectivity index (χ3n) is 2.93. The van der Waals surface area contributed by atoms with Gasteiger partial charge < -0.3 is 14.9 Å². The first-order valence-electron chi connectivity index (χ1n) is 6.95. The van der Waals surface area contributed by atoms with Crippen molar-refractivity contribution in [3.8, 4) is 11.3 Å². The molecule has 1 atom stereocenters. The van der Waals surface area contributed by atoms with Gasteiger partial charge in [0.25, 0.3) is 5.91 Å². The van der Waals surface area contributed by atoms with Crippen molar-refractivity contribution >= 4 is 5.91 Å². The number of nitrogens with one attached hydrogen (secondary N) is 1. The highest BCUT2D eigenvalue weighted by Crippen LogP contribution is 2.29. The van der Waals surface area contributed by atoms with Gasteiger partial charge in [0.05, 0.1) is 0 Å². The van der Waals surface area contributed by atoms with Crippen molar-refractivity contribution < 1.29 is 18.8 Å². The molecule has 22 heavy (non-hydrogen) atoms. The van der Waals surface area contributed by atoms with Gasteiger partial charge in [-0.1, -0.05) is 5.16 Å². The van der Waals surface area contributed by atoms with Gasteiger partial charge in [0.15, 0.2) is 5.76 Å². The van der Waals surface area contributed by atoms with Gasteiger partial charge in [0.1, 0.15) is 23.2 Å². The molecule has 1 amide bonds. The Morgan fingerprint density at radius 3 is 2.41 bits per heavy atom. The molecule has 2 rings (SSSR count). The van der Waals surface area contributed by atoms with E-state index in [4.69, 9.17) is 4.52 Å². The van der Waals surface area contributed by atoms with E-state index < -0.39 is 17.6 Å². The maximum absolute atomic E-state index is 13.1. The first kappa shape index (κ1) is 16.2. The zero-order valence-electron chi connectivity index (χ0n) is 13.0. The molecule has 2 aromatic rings. The van der Waals surface area contributed by atoms with Gasteiger partial charge in [-0.2, -0.15) is 0 Å². The van der Waals surface area contributed by atoms with E-state index in [1.54, 1.807) is 0 Å². The second-order valence-electron chi connectivity index (χ2n) is 6.16. The van der Waals surface area contributed by atoms with Gasteiger partial charge in [-0.05, 0) is 52.0 Å². The Kier molecular flexibility index (Phi) is 4.32. The zero-order chi connectivity index (χ0) is 16.5. The van der Waals surface area contributed by atoms with Crippen molar-refractivity contribution in [3.05, 3.63) is 41.4 Å². The molecule has 0 saturated carbocycles. The monoisotopic (exact) mass is 306 g/mol. The molecule has 6 heteroatoms. The van der Waals surface area contributed by atoms with Gasteiger partial charge in [0.2, 0.25) is 0 Å². The van der Waals surface area contributed by atoms with E-state index in [2.05, 4.69) is 10.5 Å². The summed E-state index contributed by atoms with van der Waals surface area (Å²) in [5.74, 6) is -0.700. The summed E-state index contributed by atoms with van der Waals surface area (Å²) in [6, 6.07) is 5.56. The number of aromatic nitrogens is 1. The van der Waals surface area contributed by atoms with Crippen LogP contribution in [0.25, 0.3) is 11.3 Å². The summed E-state index contributed by atoms with van der Waals surface area (Å²) in [6.45, 7) is 7.02. The van der Waals surface area contributed by atoms with Gasteiger partial charge >= 0.3 is 0 Å². The molecule has 0 bridgehead atoms. The predicted octanol–water partition coefficient (Wildman–Crippen LogP) is 3.06. The molecule has 118 valence electrons. The lowest BCUT2D eigenvalue weighted by Gasteiger charge is -2.20. The molecule has 2 N–H and O–H groups in total. The summed E-state index contributed by atoms with van der Waals surface area (Å²) in [4.78, 5) is 12.5. The minimum Gasteiger partial charge on any atom is -0.385 e. The highest BCUT2D eigenvalue weighted by Gasteiger charge is 2.28. The topological polar surface area (TPSA) is 75.4 Å². The van der Waals surface area contributed by atoms with Gasteiger partial charge in [0, 0.05) is 11.1 Å². The summed E-state index contributed by atoms with van der Waals surface area (Å²) in [5.41, 5.74) is 0.523. The molecule has 1 unspecified atom stereocenters. The SMILES string of the molecule is CC(O)c1onc(-c2ccc(F)cc2)c1C(=O)NC(C)(C)C. The Morgan fingerprint density at radius 2 is 1.91 bits per heavy atom. The highest BCUT2D eigenvalue weighted by atomic mass is 19.1. The number of aliphatic hydroxyl groups excluding tert-OH is 1. The highest BCUT2D eigenvalue weighted by molar-refractivity contribution is 6.01. The summed E-state index contributed by atoms with van der Waals surface area (Å²) >= 11 is 0. The lowest BCUT2D eigenvalue weighted by molar-refractivity contribution is 0.0907. The molecule has 5 nitrogen and oxygen atoms in total. The predicted molar refractivity (Wildman–Crippen MR) is 79.8 cm³/mol. The zero-order valence-corrected chi connectivity index (χ0v) is 13.0. The number of hydrogen-bond donors (Lipinski definition) is 2. The van der Waals surface area contributed by atoms with Crippen molar-refractivity contribution in [2.45, 2.75) is 39.3 Å². The van der Waals surface area contributed by atoms with E-state index in [9.17, 15) is 14.3 Å². The standard InChI is InChI=1S/C16H19FN2O3/c1-9(20)14-12(15(21)18-16(2,3)4)13(19-22-14)10-5-7-11(17)8-6-10/h5-9,20H,1-4H3,(H,18,21). The molecule has 0 saturated heterocycles. The van der Waals surface area contributed by atoms with Crippen LogP contribution in [0.1, 0.15) is 49.9 Å². The van der Waals surface area contributed by atoms with Gasteiger partial charge in [-0.25, -0.2) is 4.39 Å². The number of amides is 1. The molecular weight excluding hydrogens is 287 g/mol. The maximum atomic E-state index is 13.1. The Bertz CT molecular complexity index is 670. The molecule has 1 aromatic heterocycles. The van der Waals surface area contributed by atoms with Gasteiger partial charge in [-0.15, -0.1) is 0 Å². The Labute approximate surface area is 128 Å². The largest absolute Gasteiger partial charge is 0.385 e. The average molecular weight is 306 g/mol. The fourth-order valence-corrected chi connectivity index (χ4v) is 2.02. The molecule has 0 aliphatic rings. The summed E-state index contributed by atoms with van der Waals surface area (Å²) in [7, 11) is 0. The van der Waals surface area contributed by atoms with Crippen molar-refractivity contribution in [1.82, 2.24) is 10.5 Å². The van der Waals surface area contributed by atoms with E-state index in [1.165, 1.54) is 31.2 Å². The number of aliphatic hydroxyl groups is 1. The third-order valence-corrected chi connectivity index (χ3v) is 2.93. The van der Waals surface area contributed by atoms with Crippen LogP contribution in [0.15, 0.2) is 28.8 Å². The minimum atomic E-state index is -0.984. The van der Waals surface area contributed by atoms with Crippen LogP contribution in [0.4, 0.5) is 4.39 Å². The minimum absolute atomic E-state index is 0.0843. The van der Waals surface area contributed by atoms with Gasteiger partial charge in [-0.3, -0.25) is 4.79 Å². The van der Waals surface area contributed by atoms with Crippen molar-refractivity contribution in [2.75, 3.05) is 0 Å². The summed E-state index contributed by atoms with van der Waals surface area (Å²) < 4.78 is 18.2. The number of nitrogens with zero attached hydrogens (tertiary/aromatic N) is 1. The molecule has 1 aromatic carbocycles. The number of carbonyl (C=O) groups is 1. The Morgan fingerprint density at radius 1 is 1.32 bits per heavy atom. The molecule has 0 aliphatic carbocycles. The Balaban J connectivity index is 2.51. The van der Waals surface area contributed by atoms with Crippen LogP contribution in [0, 0.1) is 5.82 Å². The lowest BCUT2D eigenvalue weighted by atomic mass is 10.0. The van der Waals surface area contributed by atoms with Crippen LogP contribution in [0.3, 0.4) is 0 Å². The van der Waals surface area contributed by atoms with Crippen LogP contribution in [0.2, 0.25) is 0 Å². The van der Waals surface area contributed by atoms with E-state index in [0.29, 0.717) is 5.56 Å². The van der Waals surface area contributed by atoms with E-state index in [0.717, 1.165) is 0 Å². The lowest BCUT2D eigenvalue weighted by Crippen LogP contribution is -2.41. The number of halogens is 1. The first-order valence-corrected chi connectivity index (χ1v) is 6.95. The molecular formula is C16H19FN2O3. The number of benzene rings is 1. The van der Waals surface area contributed by atoms with Crippen molar-refractivity contribution in [2.24, 2.45) is 0 Å². The van der Waals surface area contributed by atoms with Crippen LogP contribution in [-0.4, -0.2) is 21.7 Å². The van der Waals surface area contributed by atoms with E-state index in [-0.39, 0.29) is 22.8 Å². The number of rotatable bonds is 3. The third kappa shape index (κ3) is 3.51. The second kappa shape index (κ2) is 5.88. The van der Waals surface area contributed by atoms with Crippen LogP contribution in [-0.2, 0) is 0 Å². The van der Waals surface area contributed by atoms with E-state index in [1.807, 2.05) is 20.8 Å². The fourth-order valence-electron chi connectivity index (χ4n) is 2.02.